The van der Waals surface area contributed by atoms with Crippen molar-refractivity contribution in [3.63, 3.8) is 0 Å². The molecule has 22 heavy (non-hydrogen) atoms. The molecule has 1 aromatic heterocycles. The minimum Gasteiger partial charge on any atom is -0.496 e. The van der Waals surface area contributed by atoms with E-state index in [1.54, 1.807) is 13.2 Å². The van der Waals surface area contributed by atoms with Crippen molar-refractivity contribution >= 4 is 21.8 Å². The maximum absolute atomic E-state index is 12.1. The van der Waals surface area contributed by atoms with Crippen LogP contribution in [-0.4, -0.2) is 18.2 Å². The Bertz CT molecular complexity index is 653. The highest BCUT2D eigenvalue weighted by Gasteiger charge is 2.14. The lowest BCUT2D eigenvalue weighted by Crippen LogP contribution is -2.23. The number of ether oxygens (including phenoxy) is 1. The number of carbonyl (C=O) groups is 1. The molecule has 1 amide bonds. The molecule has 118 valence electrons. The molecular weight excluding hydrogens is 348 g/mol. The SMILES string of the molecule is COc1ccc(Br)cc1CNC(=O)c1cc(CC(C)C)on1. The van der Waals surface area contributed by atoms with Crippen molar-refractivity contribution in [2.45, 2.75) is 26.8 Å². The summed E-state index contributed by atoms with van der Waals surface area (Å²) in [5.74, 6) is 1.64. The molecule has 0 spiro atoms. The fourth-order valence-corrected chi connectivity index (χ4v) is 2.48. The van der Waals surface area contributed by atoms with Gasteiger partial charge in [0.2, 0.25) is 0 Å². The van der Waals surface area contributed by atoms with Crippen LogP contribution in [-0.2, 0) is 13.0 Å². The Morgan fingerprint density at radius 1 is 1.41 bits per heavy atom. The van der Waals surface area contributed by atoms with Gasteiger partial charge in [0.15, 0.2) is 5.69 Å². The third-order valence-electron chi connectivity index (χ3n) is 3.08. The predicted molar refractivity (Wildman–Crippen MR) is 86.9 cm³/mol. The second-order valence-electron chi connectivity index (χ2n) is 5.42. The van der Waals surface area contributed by atoms with Gasteiger partial charge in [0.05, 0.1) is 7.11 Å². The number of carbonyl (C=O) groups excluding carboxylic acids is 1. The Kier molecular flexibility index (Phi) is 5.60. The first kappa shape index (κ1) is 16.5. The van der Waals surface area contributed by atoms with E-state index in [4.69, 9.17) is 9.26 Å². The van der Waals surface area contributed by atoms with Gasteiger partial charge in [0.25, 0.3) is 5.91 Å². The lowest BCUT2D eigenvalue weighted by Gasteiger charge is -2.09. The van der Waals surface area contributed by atoms with Crippen molar-refractivity contribution in [2.24, 2.45) is 5.92 Å². The summed E-state index contributed by atoms with van der Waals surface area (Å²) in [4.78, 5) is 12.1. The van der Waals surface area contributed by atoms with Crippen molar-refractivity contribution in [3.8, 4) is 5.75 Å². The van der Waals surface area contributed by atoms with Crippen LogP contribution in [0.3, 0.4) is 0 Å². The van der Waals surface area contributed by atoms with Crippen molar-refractivity contribution in [2.75, 3.05) is 7.11 Å². The van der Waals surface area contributed by atoms with Gasteiger partial charge in [-0.2, -0.15) is 0 Å². The maximum Gasteiger partial charge on any atom is 0.273 e. The molecule has 0 bridgehead atoms. The van der Waals surface area contributed by atoms with E-state index in [0.717, 1.165) is 28.0 Å². The maximum atomic E-state index is 12.1. The minimum atomic E-state index is -0.263. The Morgan fingerprint density at radius 2 is 2.18 bits per heavy atom. The molecular formula is C16H19BrN2O3. The second-order valence-corrected chi connectivity index (χ2v) is 6.33. The summed E-state index contributed by atoms with van der Waals surface area (Å²) in [7, 11) is 1.60. The fraction of sp³-hybridized carbons (Fsp3) is 0.375. The average Bonchev–Trinajstić information content (AvgIpc) is 2.92. The van der Waals surface area contributed by atoms with Crippen LogP contribution in [0.2, 0.25) is 0 Å². The molecule has 0 fully saturated rings. The van der Waals surface area contributed by atoms with E-state index >= 15 is 0 Å². The second kappa shape index (κ2) is 7.45. The van der Waals surface area contributed by atoms with Crippen LogP contribution in [0.15, 0.2) is 33.3 Å². The van der Waals surface area contributed by atoms with E-state index < -0.39 is 0 Å². The van der Waals surface area contributed by atoms with Gasteiger partial charge in [-0.1, -0.05) is 34.9 Å². The molecule has 5 nitrogen and oxygen atoms in total. The monoisotopic (exact) mass is 366 g/mol. The molecule has 6 heteroatoms. The first-order valence-electron chi connectivity index (χ1n) is 7.05. The molecule has 0 saturated carbocycles. The molecule has 0 radical (unpaired) electrons. The summed E-state index contributed by atoms with van der Waals surface area (Å²) in [6, 6.07) is 7.34. The molecule has 0 aliphatic carbocycles. The molecule has 0 aliphatic rings. The predicted octanol–water partition coefficient (Wildman–Crippen LogP) is 3.57. The third-order valence-corrected chi connectivity index (χ3v) is 3.58. The smallest absolute Gasteiger partial charge is 0.273 e. The average molecular weight is 367 g/mol. The van der Waals surface area contributed by atoms with Crippen LogP contribution in [0.5, 0.6) is 5.75 Å². The molecule has 1 aromatic carbocycles. The van der Waals surface area contributed by atoms with Crippen LogP contribution in [0, 0.1) is 5.92 Å². The summed E-state index contributed by atoms with van der Waals surface area (Å²) >= 11 is 3.41. The van der Waals surface area contributed by atoms with E-state index in [2.05, 4.69) is 40.3 Å². The van der Waals surface area contributed by atoms with Crippen molar-refractivity contribution in [1.82, 2.24) is 10.5 Å². The van der Waals surface area contributed by atoms with Gasteiger partial charge in [-0.3, -0.25) is 4.79 Å². The highest BCUT2D eigenvalue weighted by atomic mass is 79.9. The number of nitrogens with one attached hydrogen (secondary N) is 1. The Hall–Kier alpha value is -1.82. The van der Waals surface area contributed by atoms with E-state index in [1.807, 2.05) is 18.2 Å². The summed E-state index contributed by atoms with van der Waals surface area (Å²) in [5, 5.41) is 6.64. The third kappa shape index (κ3) is 4.34. The highest BCUT2D eigenvalue weighted by molar-refractivity contribution is 9.10. The lowest BCUT2D eigenvalue weighted by atomic mass is 10.1. The van der Waals surface area contributed by atoms with E-state index in [9.17, 15) is 4.79 Å². The molecule has 2 aromatic rings. The number of benzene rings is 1. The molecule has 0 aliphatic heterocycles. The molecule has 0 saturated heterocycles. The quantitative estimate of drug-likeness (QED) is 0.848. The summed E-state index contributed by atoms with van der Waals surface area (Å²) in [6.45, 7) is 4.53. The van der Waals surface area contributed by atoms with Gasteiger partial charge in [0.1, 0.15) is 11.5 Å². The highest BCUT2D eigenvalue weighted by Crippen LogP contribution is 2.22. The summed E-state index contributed by atoms with van der Waals surface area (Å²) < 4.78 is 11.4. The molecule has 0 unspecified atom stereocenters. The minimum absolute atomic E-state index is 0.263. The van der Waals surface area contributed by atoms with Crippen molar-refractivity contribution < 1.29 is 14.1 Å². The molecule has 1 N–H and O–H groups in total. The number of rotatable bonds is 6. The van der Waals surface area contributed by atoms with E-state index in [1.165, 1.54) is 0 Å². The zero-order valence-electron chi connectivity index (χ0n) is 12.9. The first-order valence-corrected chi connectivity index (χ1v) is 7.85. The van der Waals surface area contributed by atoms with Crippen LogP contribution in [0.1, 0.15) is 35.7 Å². The van der Waals surface area contributed by atoms with Gasteiger partial charge >= 0.3 is 0 Å². The van der Waals surface area contributed by atoms with Gasteiger partial charge in [0, 0.05) is 29.1 Å². The van der Waals surface area contributed by atoms with Gasteiger partial charge in [-0.15, -0.1) is 0 Å². The number of hydrogen-bond acceptors (Lipinski definition) is 4. The Labute approximate surface area is 138 Å². The zero-order chi connectivity index (χ0) is 16.1. The fourth-order valence-electron chi connectivity index (χ4n) is 2.07. The first-order chi connectivity index (χ1) is 10.5. The van der Waals surface area contributed by atoms with Crippen LogP contribution in [0.25, 0.3) is 0 Å². The van der Waals surface area contributed by atoms with Crippen LogP contribution >= 0.6 is 15.9 Å². The standard InChI is InChI=1S/C16H19BrN2O3/c1-10(2)6-13-8-14(19-22-13)16(20)18-9-11-7-12(17)4-5-15(11)21-3/h4-5,7-8,10H,6,9H2,1-3H3,(H,18,20). The molecule has 2 rings (SSSR count). The molecule has 0 atom stereocenters. The largest absolute Gasteiger partial charge is 0.496 e. The van der Waals surface area contributed by atoms with Gasteiger partial charge in [-0.25, -0.2) is 0 Å². The number of aromatic nitrogens is 1. The summed E-state index contributed by atoms with van der Waals surface area (Å²) in [6.07, 6.45) is 0.764. The van der Waals surface area contributed by atoms with Crippen molar-refractivity contribution in [3.05, 3.63) is 45.8 Å². The normalized spacial score (nSPS) is 10.8. The van der Waals surface area contributed by atoms with E-state index in [-0.39, 0.29) is 5.91 Å². The number of amides is 1. The number of halogens is 1. The van der Waals surface area contributed by atoms with Crippen LogP contribution < -0.4 is 10.1 Å². The Balaban J connectivity index is 2.01. The molecule has 1 heterocycles. The van der Waals surface area contributed by atoms with Gasteiger partial charge in [-0.05, 0) is 24.1 Å². The Morgan fingerprint density at radius 3 is 2.86 bits per heavy atom. The van der Waals surface area contributed by atoms with Crippen molar-refractivity contribution in [1.29, 1.82) is 0 Å². The lowest BCUT2D eigenvalue weighted by molar-refractivity contribution is 0.0941. The van der Waals surface area contributed by atoms with E-state index in [0.29, 0.717) is 18.2 Å². The van der Waals surface area contributed by atoms with Gasteiger partial charge < -0.3 is 14.6 Å². The zero-order valence-corrected chi connectivity index (χ0v) is 14.4. The van der Waals surface area contributed by atoms with Crippen LogP contribution in [0.4, 0.5) is 0 Å². The number of hydrogen-bond donors (Lipinski definition) is 1. The number of methoxy groups -OCH3 is 1. The number of nitrogens with zero attached hydrogens (tertiary/aromatic N) is 1. The topological polar surface area (TPSA) is 64.4 Å². The summed E-state index contributed by atoms with van der Waals surface area (Å²) in [5.41, 5.74) is 1.18.